The third kappa shape index (κ3) is 6.60. The molecule has 10 heteroatoms. The summed E-state index contributed by atoms with van der Waals surface area (Å²) in [5.41, 5.74) is 1.24. The molecule has 1 amide bonds. The van der Waals surface area contributed by atoms with Gasteiger partial charge in [-0.3, -0.25) is 9.59 Å². The number of nitrogens with one attached hydrogen (secondary N) is 1. The van der Waals surface area contributed by atoms with Gasteiger partial charge in [-0.15, -0.1) is 0 Å². The molecule has 37 heavy (non-hydrogen) atoms. The molecule has 5 rings (SSSR count). The molecule has 3 aliphatic rings. The minimum Gasteiger partial charge on any atom is -0.483 e. The molecule has 1 spiro atoms. The van der Waals surface area contributed by atoms with Crippen LogP contribution in [0.25, 0.3) is 0 Å². The lowest BCUT2D eigenvalue weighted by molar-refractivity contribution is -0.137. The first-order chi connectivity index (χ1) is 17.6. The van der Waals surface area contributed by atoms with Crippen LogP contribution < -0.4 is 10.2 Å². The van der Waals surface area contributed by atoms with E-state index >= 15 is 0 Å². The van der Waals surface area contributed by atoms with Crippen molar-refractivity contribution in [3.63, 3.8) is 0 Å². The van der Waals surface area contributed by atoms with Gasteiger partial charge in [0, 0.05) is 24.7 Å². The molecule has 200 valence electrons. The number of carbonyl (C=O) groups is 2. The lowest BCUT2D eigenvalue weighted by Gasteiger charge is -2.33. The number of nitrogens with zero attached hydrogens (tertiary/aromatic N) is 1. The van der Waals surface area contributed by atoms with Gasteiger partial charge in [-0.2, -0.15) is 13.2 Å². The molecule has 0 aromatic heterocycles. The Labute approximate surface area is 212 Å². The van der Waals surface area contributed by atoms with Crippen molar-refractivity contribution in [2.75, 3.05) is 29.9 Å². The number of ether oxygens (including phenoxy) is 1. The highest BCUT2D eigenvalue weighted by atomic mass is 19.4. The van der Waals surface area contributed by atoms with Crippen LogP contribution in [0.2, 0.25) is 0 Å². The van der Waals surface area contributed by atoms with Gasteiger partial charge in [0.25, 0.3) is 6.47 Å². The predicted octanol–water partition coefficient (Wildman–Crippen LogP) is 5.83. The topological polar surface area (TPSA) is 82.2 Å². The maximum Gasteiger partial charge on any atom is 0.416 e. The average Bonchev–Trinajstić information content (AvgIpc) is 3.64. The molecule has 2 aromatic carbocycles. The Kier molecular flexibility index (Phi) is 8.06. The van der Waals surface area contributed by atoms with Gasteiger partial charge < -0.3 is 20.1 Å². The van der Waals surface area contributed by atoms with E-state index in [0.29, 0.717) is 18.9 Å². The first-order valence-corrected chi connectivity index (χ1v) is 12.4. The number of epoxide rings is 1. The molecule has 2 saturated heterocycles. The summed E-state index contributed by atoms with van der Waals surface area (Å²) in [5.74, 6) is -1.51. The van der Waals surface area contributed by atoms with E-state index in [0.717, 1.165) is 57.5 Å². The van der Waals surface area contributed by atoms with E-state index in [1.165, 1.54) is 11.3 Å². The lowest BCUT2D eigenvalue weighted by Crippen LogP contribution is -2.37. The quantitative estimate of drug-likeness (QED) is 0.300. The molecule has 2 atom stereocenters. The van der Waals surface area contributed by atoms with Crippen molar-refractivity contribution in [2.45, 2.75) is 56.2 Å². The van der Waals surface area contributed by atoms with E-state index in [1.807, 2.05) is 0 Å². The van der Waals surface area contributed by atoms with E-state index in [4.69, 9.17) is 14.6 Å². The summed E-state index contributed by atoms with van der Waals surface area (Å²) in [6, 6.07) is 10.7. The van der Waals surface area contributed by atoms with Crippen molar-refractivity contribution in [1.82, 2.24) is 0 Å². The minimum absolute atomic E-state index is 0.150. The zero-order valence-electron chi connectivity index (χ0n) is 20.3. The number of carboxylic acid groups (broad SMARTS) is 1. The average molecular weight is 523 g/mol. The third-order valence-electron chi connectivity index (χ3n) is 7.56. The number of hydrogen-bond acceptors (Lipinski definition) is 4. The largest absolute Gasteiger partial charge is 0.483 e. The Morgan fingerprint density at radius 3 is 2.32 bits per heavy atom. The molecule has 2 N–H and O–H groups in total. The van der Waals surface area contributed by atoms with Gasteiger partial charge >= 0.3 is 6.18 Å². The number of anilines is 2. The Balaban J connectivity index is 0.00000102. The van der Waals surface area contributed by atoms with Crippen molar-refractivity contribution in [1.29, 1.82) is 0 Å². The molecule has 1 aliphatic carbocycles. The first-order valence-electron chi connectivity index (χ1n) is 12.4. The maximum atomic E-state index is 14.2. The maximum absolute atomic E-state index is 14.2. The van der Waals surface area contributed by atoms with Gasteiger partial charge in [0.1, 0.15) is 5.82 Å². The number of halogens is 4. The molecule has 2 aromatic rings. The Bertz CT molecular complexity index is 1090. The van der Waals surface area contributed by atoms with Crippen LogP contribution in [0.4, 0.5) is 28.9 Å². The number of piperidine rings is 1. The Hall–Kier alpha value is -3.14. The molecule has 2 aliphatic heterocycles. The summed E-state index contributed by atoms with van der Waals surface area (Å²) in [6.07, 6.45) is 0.658. The highest BCUT2D eigenvalue weighted by Crippen LogP contribution is 2.40. The van der Waals surface area contributed by atoms with Crippen LogP contribution in [0.15, 0.2) is 42.5 Å². The van der Waals surface area contributed by atoms with E-state index in [2.05, 4.69) is 34.5 Å². The smallest absolute Gasteiger partial charge is 0.416 e. The SMILES string of the molecule is O=C(Nc1ccc(C(F)(F)F)cc1F)C1CCCC(c2ccc(N3CCC4(CC3)CO4)cc2)C1.O=CO. The van der Waals surface area contributed by atoms with Gasteiger partial charge in [-0.25, -0.2) is 4.39 Å². The van der Waals surface area contributed by atoms with Crippen molar-refractivity contribution in [3.8, 4) is 0 Å². The number of benzene rings is 2. The summed E-state index contributed by atoms with van der Waals surface area (Å²) in [6.45, 7) is 2.62. The summed E-state index contributed by atoms with van der Waals surface area (Å²) < 4.78 is 58.0. The number of rotatable bonds is 4. The molecule has 2 unspecified atom stereocenters. The summed E-state index contributed by atoms with van der Waals surface area (Å²) in [7, 11) is 0. The van der Waals surface area contributed by atoms with Crippen LogP contribution in [-0.4, -0.2) is 42.8 Å². The highest BCUT2D eigenvalue weighted by molar-refractivity contribution is 5.92. The number of alkyl halides is 3. The number of amides is 1. The predicted molar refractivity (Wildman–Crippen MR) is 130 cm³/mol. The van der Waals surface area contributed by atoms with Crippen molar-refractivity contribution in [3.05, 3.63) is 59.4 Å². The monoisotopic (exact) mass is 522 g/mol. The fourth-order valence-corrected chi connectivity index (χ4v) is 5.28. The van der Waals surface area contributed by atoms with Gasteiger partial charge in [0.2, 0.25) is 5.91 Å². The lowest BCUT2D eigenvalue weighted by atomic mass is 9.77. The van der Waals surface area contributed by atoms with Gasteiger partial charge in [0.15, 0.2) is 0 Å². The van der Waals surface area contributed by atoms with Gasteiger partial charge in [-0.05, 0) is 73.9 Å². The van der Waals surface area contributed by atoms with Crippen LogP contribution in [0, 0.1) is 11.7 Å². The van der Waals surface area contributed by atoms with E-state index in [-0.39, 0.29) is 35.5 Å². The molecule has 1 saturated carbocycles. The van der Waals surface area contributed by atoms with Gasteiger partial charge in [0.05, 0.1) is 23.5 Å². The Morgan fingerprint density at radius 2 is 1.76 bits per heavy atom. The molecule has 0 radical (unpaired) electrons. The molecular formula is C27H30F4N2O4. The van der Waals surface area contributed by atoms with Gasteiger partial charge in [-0.1, -0.05) is 18.6 Å². The van der Waals surface area contributed by atoms with Crippen LogP contribution in [-0.2, 0) is 20.5 Å². The fourth-order valence-electron chi connectivity index (χ4n) is 5.28. The zero-order valence-corrected chi connectivity index (χ0v) is 20.3. The second-order valence-electron chi connectivity index (χ2n) is 9.90. The van der Waals surface area contributed by atoms with Crippen molar-refractivity contribution in [2.24, 2.45) is 5.92 Å². The second-order valence-corrected chi connectivity index (χ2v) is 9.90. The van der Waals surface area contributed by atoms with Crippen LogP contribution in [0.5, 0.6) is 0 Å². The fraction of sp³-hybridized carbons (Fsp3) is 0.481. The standard InChI is InChI=1S/C26H28F4N2O2.CH2O2/c27-22-15-20(26(28,29)30)6-9-23(22)31-24(33)19-3-1-2-18(14-19)17-4-7-21(8-5-17)32-12-10-25(11-13-32)16-34-25;2-1-3/h4-9,15,18-19H,1-3,10-14,16H2,(H,31,33);1H,(H,2,3). The summed E-state index contributed by atoms with van der Waals surface area (Å²) in [5, 5.41) is 9.39. The number of hydrogen-bond donors (Lipinski definition) is 2. The van der Waals surface area contributed by atoms with Crippen LogP contribution >= 0.6 is 0 Å². The van der Waals surface area contributed by atoms with Crippen LogP contribution in [0.1, 0.15) is 55.6 Å². The molecule has 2 heterocycles. The normalized spacial score (nSPS) is 22.5. The minimum atomic E-state index is -4.63. The van der Waals surface area contributed by atoms with Crippen molar-refractivity contribution < 1.29 is 37.0 Å². The molecule has 6 nitrogen and oxygen atoms in total. The third-order valence-corrected chi connectivity index (χ3v) is 7.56. The zero-order chi connectivity index (χ0) is 26.6. The first kappa shape index (κ1) is 26.9. The molecular weight excluding hydrogens is 492 g/mol. The molecule has 0 bridgehead atoms. The van der Waals surface area contributed by atoms with E-state index in [1.54, 1.807) is 0 Å². The Morgan fingerprint density at radius 1 is 1.11 bits per heavy atom. The van der Waals surface area contributed by atoms with Crippen LogP contribution in [0.3, 0.4) is 0 Å². The van der Waals surface area contributed by atoms with E-state index < -0.39 is 17.6 Å². The second kappa shape index (κ2) is 11.1. The summed E-state index contributed by atoms with van der Waals surface area (Å²) in [4.78, 5) is 23.5. The summed E-state index contributed by atoms with van der Waals surface area (Å²) >= 11 is 0. The highest BCUT2D eigenvalue weighted by Gasteiger charge is 2.46. The van der Waals surface area contributed by atoms with Crippen molar-refractivity contribution >= 4 is 23.8 Å². The number of carbonyl (C=O) groups excluding carboxylic acids is 1. The molecule has 3 fully saturated rings. The van der Waals surface area contributed by atoms with E-state index in [9.17, 15) is 22.4 Å².